The van der Waals surface area contributed by atoms with Crippen molar-refractivity contribution in [2.24, 2.45) is 26.6 Å². The molecule has 14 rings (SSSR count). The molecule has 0 bridgehead atoms. The van der Waals surface area contributed by atoms with Crippen LogP contribution in [0.1, 0.15) is 209 Å². The Balaban J connectivity index is 0.000000140. The van der Waals surface area contributed by atoms with Crippen LogP contribution in [0.15, 0.2) is 110 Å². The first-order valence-electron chi connectivity index (χ1n) is 37.2. The van der Waals surface area contributed by atoms with Crippen LogP contribution in [0, 0.1) is 67.5 Å². The van der Waals surface area contributed by atoms with Crippen LogP contribution in [0.2, 0.25) is 0 Å². The average molecular weight is 1140 g/mol. The van der Waals surface area contributed by atoms with Gasteiger partial charge >= 0.3 is 0 Å². The molecule has 6 heterocycles. The van der Waals surface area contributed by atoms with Crippen molar-refractivity contribution in [3.63, 3.8) is 0 Å². The van der Waals surface area contributed by atoms with Crippen LogP contribution in [0.5, 0.6) is 0 Å². The lowest BCUT2D eigenvalue weighted by Gasteiger charge is -2.23. The van der Waals surface area contributed by atoms with Crippen molar-refractivity contribution in [2.45, 2.75) is 178 Å². The number of benzene rings is 3. The number of rotatable bonds is 6. The molecule has 6 nitrogen and oxygen atoms in total. The van der Waals surface area contributed by atoms with Gasteiger partial charge in [-0.15, -0.1) is 0 Å². The van der Waals surface area contributed by atoms with Crippen molar-refractivity contribution in [1.82, 2.24) is 15.0 Å². The molecule has 2 saturated carbocycles. The van der Waals surface area contributed by atoms with Crippen LogP contribution < -0.4 is 13.7 Å². The third-order valence-electron chi connectivity index (χ3n) is 18.3. The fraction of sp³-hybridized carbons (Fsp3) is 0.392. The Morgan fingerprint density at radius 3 is 1.12 bits per heavy atom. The minimum absolute atomic E-state index is 0.0551. The minimum atomic E-state index is -2.42. The highest BCUT2D eigenvalue weighted by molar-refractivity contribution is 5.87. The molecule has 0 saturated heterocycles. The largest absolute Gasteiger partial charge is 0.257 e. The molecule has 6 aromatic heterocycles. The van der Waals surface area contributed by atoms with Crippen LogP contribution in [-0.4, -0.2) is 15.0 Å². The van der Waals surface area contributed by atoms with Crippen molar-refractivity contribution in [3.05, 3.63) is 211 Å². The lowest BCUT2D eigenvalue weighted by Crippen LogP contribution is -2.32. The van der Waals surface area contributed by atoms with E-state index in [1.165, 1.54) is 33.4 Å². The van der Waals surface area contributed by atoms with Crippen LogP contribution in [0.25, 0.3) is 67.2 Å². The Morgan fingerprint density at radius 1 is 0.435 bits per heavy atom. The highest BCUT2D eigenvalue weighted by atomic mass is 14.9. The molecule has 0 amide bonds. The van der Waals surface area contributed by atoms with E-state index < -0.39 is 44.1 Å². The number of nitrogens with zero attached hydrogens (tertiary/aromatic N) is 6. The number of aryl methyl sites for hydroxylation is 12. The predicted octanol–water partition coefficient (Wildman–Crippen LogP) is 17.5. The zero-order valence-corrected chi connectivity index (χ0v) is 52.1. The van der Waals surface area contributed by atoms with Gasteiger partial charge in [-0.2, -0.15) is 0 Å². The number of aromatic nitrogens is 6. The van der Waals surface area contributed by atoms with E-state index in [4.69, 9.17) is 31.4 Å². The van der Waals surface area contributed by atoms with Crippen molar-refractivity contribution < 1.29 is 31.5 Å². The fourth-order valence-electron chi connectivity index (χ4n) is 14.3. The predicted molar refractivity (Wildman–Crippen MR) is 350 cm³/mol. The Kier molecular flexibility index (Phi) is 12.0. The van der Waals surface area contributed by atoms with Crippen LogP contribution in [0.3, 0.4) is 0 Å². The molecule has 0 unspecified atom stereocenters. The van der Waals surface area contributed by atoms with Crippen molar-refractivity contribution >= 4 is 0 Å². The second kappa shape index (κ2) is 23.1. The number of pyridine rings is 6. The van der Waals surface area contributed by atoms with Crippen molar-refractivity contribution in [2.75, 3.05) is 0 Å². The molecule has 5 aliphatic carbocycles. The smallest absolute Gasteiger partial charge is 0.213 e. The SMILES string of the molecule is [2H]C([2H])([2H])c1c[n+](C)c(-c2c(C)ccc3c2Cc2nc(C)ccc2-3)cc1C([2H])([2H])C(C)(C)C.[2H]C([2H])([2H])c1c[n+](C)c(-c2c(C)ccc3c2Cc2nc(C)ccc2-3)cc1C1([2H])CCCC1.[2H]C([2H])([2H])c1c[n+](C)c(-c2c(C)ccc3c2Cc2nc(C)ccc2-3)cc1C1([2H])CCCCC1. The van der Waals surface area contributed by atoms with Gasteiger partial charge in [0.25, 0.3) is 0 Å². The van der Waals surface area contributed by atoms with E-state index in [-0.39, 0.29) is 11.1 Å². The standard InChI is InChI=1S/C27H31N2.C26H29N2.C26H31N2/c1-17-10-12-21-22-13-11-19(3)28-25(22)14-24(21)27(17)26-15-23(18(2)16-29(26)4)20-8-6-5-7-9-20;1-16-9-11-20-21-12-10-18(3)27-24(21)13-23(20)26(16)25-14-22(17(2)15-28(25)4)19-7-5-6-8-19;1-16-8-10-20-21-11-9-18(3)27-23(21)13-22(20)25(16)24-12-19(14-26(4,5)6)17(2)15-28(24)7/h10-13,15-16,20H,5-9,14H2,1-4H3;9-12,14-15,19H,5-8,13H2,1-4H3;8-12,15H,13-14H2,1-7H3/q3*+1/i2D3,20D;2D3,19D;2D3,14D2. The fourth-order valence-corrected chi connectivity index (χ4v) is 14.3. The van der Waals surface area contributed by atoms with E-state index in [2.05, 4.69) is 80.6 Å². The summed E-state index contributed by atoms with van der Waals surface area (Å²) < 4.78 is 115. The zero-order valence-electron chi connectivity index (χ0n) is 65.1. The summed E-state index contributed by atoms with van der Waals surface area (Å²) in [6.45, 7) is 10.8. The Hall–Kier alpha value is -7.44. The number of fused-ring (bicyclic) bond motifs is 9. The average Bonchev–Trinajstić information content (AvgIpc) is 1.39. The van der Waals surface area contributed by atoms with Crippen molar-refractivity contribution in [1.29, 1.82) is 0 Å². The minimum Gasteiger partial charge on any atom is -0.257 e. The highest BCUT2D eigenvalue weighted by Crippen LogP contribution is 2.47. The molecule has 6 heteroatoms. The molecule has 0 N–H and O–H groups in total. The summed E-state index contributed by atoms with van der Waals surface area (Å²) >= 11 is 0. The normalized spacial score (nSPS) is 18.5. The third-order valence-corrected chi connectivity index (χ3v) is 18.3. The monoisotopic (exact) mass is 1140 g/mol. The molecular weight excluding hydrogens is 1030 g/mol. The van der Waals surface area contributed by atoms with Crippen molar-refractivity contribution in [3.8, 4) is 67.2 Å². The van der Waals surface area contributed by atoms with E-state index >= 15 is 0 Å². The summed E-state index contributed by atoms with van der Waals surface area (Å²) in [6.07, 6.45) is 13.3. The van der Waals surface area contributed by atoms with Gasteiger partial charge in [0, 0.05) is 106 Å². The summed E-state index contributed by atoms with van der Waals surface area (Å²) in [5.74, 6) is -1.68. The Labute approximate surface area is 526 Å². The van der Waals surface area contributed by atoms with Gasteiger partial charge in [-0.1, -0.05) is 107 Å². The molecule has 85 heavy (non-hydrogen) atoms. The molecule has 434 valence electrons. The molecule has 2 fully saturated rings. The lowest BCUT2D eigenvalue weighted by molar-refractivity contribution is -0.661. The van der Waals surface area contributed by atoms with Gasteiger partial charge in [-0.3, -0.25) is 15.0 Å². The molecule has 5 aliphatic rings. The van der Waals surface area contributed by atoms with Gasteiger partial charge < -0.3 is 0 Å². The lowest BCUT2D eigenvalue weighted by atomic mass is 9.82. The molecule has 0 aliphatic heterocycles. The van der Waals surface area contributed by atoms with Crippen LogP contribution >= 0.6 is 0 Å². The van der Waals surface area contributed by atoms with Gasteiger partial charge in [0.1, 0.15) is 21.1 Å². The second-order valence-corrected chi connectivity index (χ2v) is 25.9. The molecular formula is C79H91N6+3. The van der Waals surface area contributed by atoms with E-state index in [0.717, 1.165) is 146 Å². The summed E-state index contributed by atoms with van der Waals surface area (Å²) in [5.41, 5.74) is 27.9. The number of hydrogen-bond acceptors (Lipinski definition) is 3. The van der Waals surface area contributed by atoms with E-state index in [9.17, 15) is 1.37 Å². The molecule has 0 radical (unpaired) electrons. The topological polar surface area (TPSA) is 50.3 Å². The highest BCUT2D eigenvalue weighted by Gasteiger charge is 2.33. The van der Waals surface area contributed by atoms with Gasteiger partial charge in [0.05, 0.1) is 33.8 Å². The van der Waals surface area contributed by atoms with Gasteiger partial charge in [0.2, 0.25) is 17.1 Å². The second-order valence-electron chi connectivity index (χ2n) is 25.9. The van der Waals surface area contributed by atoms with Gasteiger partial charge in [0.15, 0.2) is 18.6 Å². The van der Waals surface area contributed by atoms with Gasteiger partial charge in [-0.05, 0) is 196 Å². The zero-order chi connectivity index (χ0) is 70.9. The molecule has 0 atom stereocenters. The van der Waals surface area contributed by atoms with Gasteiger partial charge in [-0.25, -0.2) is 13.7 Å². The molecule has 3 aromatic carbocycles. The van der Waals surface area contributed by atoms with E-state index in [0.29, 0.717) is 54.4 Å². The summed E-state index contributed by atoms with van der Waals surface area (Å²) in [4.78, 5) is 14.3. The maximum Gasteiger partial charge on any atom is 0.213 e. The quantitative estimate of drug-likeness (QED) is 0.156. The third kappa shape index (κ3) is 11.2. The van der Waals surface area contributed by atoms with Crippen LogP contribution in [-0.2, 0) is 46.8 Å². The summed E-state index contributed by atoms with van der Waals surface area (Å²) in [5, 5.41) is 0. The van der Waals surface area contributed by atoms with E-state index in [1.54, 1.807) is 45.4 Å². The Bertz CT molecular complexity index is 4690. The first kappa shape index (κ1) is 44.1. The first-order chi connectivity index (χ1) is 45.8. The molecule has 9 aromatic rings. The maximum absolute atomic E-state index is 9.28. The summed E-state index contributed by atoms with van der Waals surface area (Å²) in [6, 6.07) is 31.2. The van der Waals surface area contributed by atoms with Crippen LogP contribution in [0.4, 0.5) is 0 Å². The summed E-state index contributed by atoms with van der Waals surface area (Å²) in [7, 11) is 5.68. The number of hydrogen-bond donors (Lipinski definition) is 0. The maximum atomic E-state index is 9.28. The Morgan fingerprint density at radius 2 is 0.765 bits per heavy atom. The van der Waals surface area contributed by atoms with E-state index in [1.807, 2.05) is 80.7 Å². The first-order valence-corrected chi connectivity index (χ1v) is 30.7. The molecule has 0 spiro atoms.